The summed E-state index contributed by atoms with van der Waals surface area (Å²) in [7, 11) is 0. The van der Waals surface area contributed by atoms with Crippen LogP contribution in [0, 0.1) is 5.82 Å². The number of carboxylic acids is 1. The van der Waals surface area contributed by atoms with Gasteiger partial charge in [-0.05, 0) is 18.2 Å². The minimum atomic E-state index is -1.24. The van der Waals surface area contributed by atoms with Crippen LogP contribution in [0.1, 0.15) is 10.4 Å². The van der Waals surface area contributed by atoms with Gasteiger partial charge in [0.2, 0.25) is 5.91 Å². The van der Waals surface area contributed by atoms with Gasteiger partial charge in [0.1, 0.15) is 12.4 Å². The molecule has 21 heavy (non-hydrogen) atoms. The molecule has 0 bridgehead atoms. The summed E-state index contributed by atoms with van der Waals surface area (Å²) in [5.74, 6) is -2.63. The van der Waals surface area contributed by atoms with Gasteiger partial charge in [-0.3, -0.25) is 4.79 Å². The molecule has 1 aromatic carbocycles. The first kappa shape index (κ1) is 16.4. The lowest BCUT2D eigenvalue weighted by Gasteiger charge is -2.09. The molecule has 1 aromatic rings. The summed E-state index contributed by atoms with van der Waals surface area (Å²) >= 11 is 0. The summed E-state index contributed by atoms with van der Waals surface area (Å²) < 4.78 is 18.2. The Bertz CT molecular complexity index is 550. The lowest BCUT2D eigenvalue weighted by atomic mass is 10.2. The van der Waals surface area contributed by atoms with Crippen molar-refractivity contribution in [1.82, 2.24) is 5.32 Å². The Morgan fingerprint density at radius 2 is 2.05 bits per heavy atom. The molecule has 0 fully saturated rings. The van der Waals surface area contributed by atoms with Gasteiger partial charge in [0, 0.05) is 6.54 Å². The van der Waals surface area contributed by atoms with Gasteiger partial charge in [0.25, 0.3) is 0 Å². The molecule has 0 aliphatic rings. The Labute approximate surface area is 119 Å². The molecule has 0 aliphatic carbocycles. The van der Waals surface area contributed by atoms with Gasteiger partial charge in [0.05, 0.1) is 17.9 Å². The minimum absolute atomic E-state index is 0.0496. The van der Waals surface area contributed by atoms with Crippen LogP contribution in [0.5, 0.6) is 0 Å². The van der Waals surface area contributed by atoms with Crippen molar-refractivity contribution in [3.8, 4) is 0 Å². The molecule has 114 valence electrons. The molecule has 0 unspecified atom stereocenters. The second-order valence-corrected chi connectivity index (χ2v) is 3.90. The number of rotatable bonds is 7. The molecule has 0 spiro atoms. The van der Waals surface area contributed by atoms with Crippen molar-refractivity contribution in [1.29, 1.82) is 0 Å². The number of halogens is 1. The molecular weight excluding hydrogens is 285 g/mol. The van der Waals surface area contributed by atoms with Crippen molar-refractivity contribution in [2.45, 2.75) is 0 Å². The largest absolute Gasteiger partial charge is 0.478 e. The van der Waals surface area contributed by atoms with E-state index in [1.807, 2.05) is 0 Å². The van der Waals surface area contributed by atoms with Crippen LogP contribution in [-0.2, 0) is 9.53 Å². The fourth-order valence-corrected chi connectivity index (χ4v) is 1.33. The van der Waals surface area contributed by atoms with Gasteiger partial charge in [-0.25, -0.2) is 14.0 Å². The first-order valence-corrected chi connectivity index (χ1v) is 5.84. The number of carbonyl (C=O) groups is 3. The zero-order valence-corrected chi connectivity index (χ0v) is 10.9. The van der Waals surface area contributed by atoms with Gasteiger partial charge < -0.3 is 26.2 Å². The van der Waals surface area contributed by atoms with Gasteiger partial charge in [-0.2, -0.15) is 0 Å². The van der Waals surface area contributed by atoms with Crippen LogP contribution in [0.25, 0.3) is 0 Å². The first-order chi connectivity index (χ1) is 9.90. The summed E-state index contributed by atoms with van der Waals surface area (Å²) in [6.45, 7) is -0.147. The van der Waals surface area contributed by atoms with E-state index in [2.05, 4.69) is 10.6 Å². The minimum Gasteiger partial charge on any atom is -0.478 e. The predicted octanol–water partition coefficient (Wildman–Crippen LogP) is 0.147. The van der Waals surface area contributed by atoms with Crippen molar-refractivity contribution in [2.24, 2.45) is 5.73 Å². The third-order valence-electron chi connectivity index (χ3n) is 2.24. The normalized spacial score (nSPS) is 9.95. The average Bonchev–Trinajstić information content (AvgIpc) is 2.40. The number of carboxylic acid groups (broad SMARTS) is 1. The molecule has 0 saturated heterocycles. The number of hydrogen-bond acceptors (Lipinski definition) is 4. The fourth-order valence-electron chi connectivity index (χ4n) is 1.33. The third-order valence-corrected chi connectivity index (χ3v) is 2.24. The SMILES string of the molecule is NC(=O)COCCNC(=O)Nc1cc(C(=O)O)ccc1F. The summed E-state index contributed by atoms with van der Waals surface area (Å²) in [5, 5.41) is 13.3. The van der Waals surface area contributed by atoms with Gasteiger partial charge >= 0.3 is 12.0 Å². The van der Waals surface area contributed by atoms with Crippen molar-refractivity contribution in [3.63, 3.8) is 0 Å². The van der Waals surface area contributed by atoms with E-state index in [4.69, 9.17) is 15.6 Å². The van der Waals surface area contributed by atoms with E-state index in [0.29, 0.717) is 0 Å². The lowest BCUT2D eigenvalue weighted by molar-refractivity contribution is -0.122. The van der Waals surface area contributed by atoms with Crippen molar-refractivity contribution in [3.05, 3.63) is 29.6 Å². The molecule has 1 rings (SSSR count). The molecule has 0 saturated carbocycles. The Hall–Kier alpha value is -2.68. The number of urea groups is 1. The summed E-state index contributed by atoms with van der Waals surface area (Å²) in [6.07, 6.45) is 0. The quantitative estimate of drug-likeness (QED) is 0.532. The lowest BCUT2D eigenvalue weighted by Crippen LogP contribution is -2.32. The monoisotopic (exact) mass is 299 g/mol. The van der Waals surface area contributed by atoms with Crippen molar-refractivity contribution < 1.29 is 28.6 Å². The summed E-state index contributed by atoms with van der Waals surface area (Å²) in [4.78, 5) is 32.6. The number of benzene rings is 1. The molecule has 0 aliphatic heterocycles. The number of aromatic carboxylic acids is 1. The maximum atomic E-state index is 13.4. The average molecular weight is 299 g/mol. The summed E-state index contributed by atoms with van der Waals surface area (Å²) in [6, 6.07) is 2.29. The third kappa shape index (κ3) is 5.87. The maximum Gasteiger partial charge on any atom is 0.335 e. The fraction of sp³-hybridized carbons (Fsp3) is 0.250. The Morgan fingerprint density at radius 3 is 2.67 bits per heavy atom. The number of amides is 3. The molecule has 5 N–H and O–H groups in total. The highest BCUT2D eigenvalue weighted by Crippen LogP contribution is 2.16. The highest BCUT2D eigenvalue weighted by Gasteiger charge is 2.10. The van der Waals surface area contributed by atoms with E-state index in [9.17, 15) is 18.8 Å². The van der Waals surface area contributed by atoms with E-state index >= 15 is 0 Å². The highest BCUT2D eigenvalue weighted by molar-refractivity contribution is 5.93. The number of anilines is 1. The van der Waals surface area contributed by atoms with E-state index < -0.39 is 23.7 Å². The molecule has 0 atom stereocenters. The van der Waals surface area contributed by atoms with Gasteiger partial charge in [-0.1, -0.05) is 0 Å². The van der Waals surface area contributed by atoms with Gasteiger partial charge in [-0.15, -0.1) is 0 Å². The second-order valence-electron chi connectivity index (χ2n) is 3.90. The predicted molar refractivity (Wildman–Crippen MR) is 70.4 cm³/mol. The number of nitrogens with one attached hydrogen (secondary N) is 2. The van der Waals surface area contributed by atoms with Crippen molar-refractivity contribution in [2.75, 3.05) is 25.1 Å². The van der Waals surface area contributed by atoms with Crippen LogP contribution in [-0.4, -0.2) is 42.8 Å². The molecule has 0 heterocycles. The highest BCUT2D eigenvalue weighted by atomic mass is 19.1. The summed E-state index contributed by atoms with van der Waals surface area (Å²) in [5.41, 5.74) is 4.42. The number of hydrogen-bond donors (Lipinski definition) is 4. The Kier molecular flexibility index (Phi) is 6.08. The Balaban J connectivity index is 2.45. The zero-order chi connectivity index (χ0) is 15.8. The second kappa shape index (κ2) is 7.80. The van der Waals surface area contributed by atoms with E-state index in [1.54, 1.807) is 0 Å². The van der Waals surface area contributed by atoms with Crippen LogP contribution in [0.3, 0.4) is 0 Å². The zero-order valence-electron chi connectivity index (χ0n) is 10.9. The van der Waals surface area contributed by atoms with Crippen LogP contribution >= 0.6 is 0 Å². The molecule has 0 aromatic heterocycles. The smallest absolute Gasteiger partial charge is 0.335 e. The number of nitrogens with two attached hydrogens (primary N) is 1. The van der Waals surface area contributed by atoms with E-state index in [0.717, 1.165) is 18.2 Å². The molecule has 0 radical (unpaired) electrons. The molecule has 8 nitrogen and oxygen atoms in total. The maximum absolute atomic E-state index is 13.4. The van der Waals surface area contributed by atoms with E-state index in [-0.39, 0.29) is 31.0 Å². The van der Waals surface area contributed by atoms with Crippen molar-refractivity contribution >= 4 is 23.6 Å². The number of primary amides is 1. The van der Waals surface area contributed by atoms with E-state index in [1.165, 1.54) is 0 Å². The van der Waals surface area contributed by atoms with Gasteiger partial charge in [0.15, 0.2) is 0 Å². The number of carbonyl (C=O) groups excluding carboxylic acids is 2. The number of ether oxygens (including phenoxy) is 1. The van der Waals surface area contributed by atoms with Crippen LogP contribution in [0.15, 0.2) is 18.2 Å². The standard InChI is InChI=1S/C12H14FN3O5/c13-8-2-1-7(11(18)19)5-9(8)16-12(20)15-3-4-21-6-10(14)17/h1-2,5H,3-4,6H2,(H2,14,17)(H,18,19)(H2,15,16,20). The topological polar surface area (TPSA) is 131 Å². The molecular formula is C12H14FN3O5. The van der Waals surface area contributed by atoms with Crippen LogP contribution in [0.4, 0.5) is 14.9 Å². The van der Waals surface area contributed by atoms with Crippen LogP contribution < -0.4 is 16.4 Å². The molecule has 9 heteroatoms. The first-order valence-electron chi connectivity index (χ1n) is 5.84. The molecule has 3 amide bonds. The Morgan fingerprint density at radius 1 is 1.33 bits per heavy atom. The van der Waals surface area contributed by atoms with Crippen LogP contribution in [0.2, 0.25) is 0 Å².